The Bertz CT molecular complexity index is 606. The zero-order chi connectivity index (χ0) is 15.9. The van der Waals surface area contributed by atoms with E-state index in [1.807, 2.05) is 12.3 Å². The minimum absolute atomic E-state index is 0.0258. The maximum absolute atomic E-state index is 11.9. The van der Waals surface area contributed by atoms with Crippen LogP contribution in [0, 0.1) is 0 Å². The average Bonchev–Trinajstić information content (AvgIpc) is 3.24. The van der Waals surface area contributed by atoms with Gasteiger partial charge < -0.3 is 10.6 Å². The maximum Gasteiger partial charge on any atom is 0.241 e. The summed E-state index contributed by atoms with van der Waals surface area (Å²) in [5.41, 5.74) is 1.08. The van der Waals surface area contributed by atoms with Gasteiger partial charge in [0.2, 0.25) is 5.91 Å². The van der Waals surface area contributed by atoms with Crippen LogP contribution in [0.1, 0.15) is 24.5 Å². The van der Waals surface area contributed by atoms with Crippen LogP contribution in [0.2, 0.25) is 0 Å². The third-order valence-corrected chi connectivity index (χ3v) is 4.65. The Morgan fingerprint density at radius 2 is 2.48 bits per heavy atom. The average molecular weight is 335 g/mol. The first-order valence-corrected chi connectivity index (χ1v) is 8.79. The lowest BCUT2D eigenvalue weighted by atomic mass is 9.97. The first-order chi connectivity index (χ1) is 11.3. The third-order valence-electron chi connectivity index (χ3n) is 3.75. The molecule has 0 spiro atoms. The predicted octanol–water partition coefficient (Wildman–Crippen LogP) is 0.377. The van der Waals surface area contributed by atoms with Gasteiger partial charge in [0.05, 0.1) is 11.9 Å². The smallest absolute Gasteiger partial charge is 0.241 e. The van der Waals surface area contributed by atoms with Crippen molar-refractivity contribution in [2.24, 2.45) is 0 Å². The fourth-order valence-electron chi connectivity index (χ4n) is 2.60. The van der Waals surface area contributed by atoms with Crippen molar-refractivity contribution < 1.29 is 4.79 Å². The van der Waals surface area contributed by atoms with Crippen molar-refractivity contribution in [2.75, 3.05) is 25.4 Å². The second kappa shape index (κ2) is 8.11. The van der Waals surface area contributed by atoms with Gasteiger partial charge in [-0.05, 0) is 25.5 Å². The molecule has 0 saturated carbocycles. The van der Waals surface area contributed by atoms with Crippen molar-refractivity contribution in [2.45, 2.75) is 30.3 Å². The van der Waals surface area contributed by atoms with Crippen LogP contribution >= 0.6 is 11.8 Å². The molecule has 3 heterocycles. The number of hydrogen-bond acceptors (Lipinski definition) is 6. The second-order valence-electron chi connectivity index (χ2n) is 5.49. The molecular formula is C14H21N7OS. The van der Waals surface area contributed by atoms with E-state index in [2.05, 4.69) is 31.1 Å². The van der Waals surface area contributed by atoms with Gasteiger partial charge >= 0.3 is 0 Å². The van der Waals surface area contributed by atoms with E-state index in [0.717, 1.165) is 36.0 Å². The number of aromatic amines is 1. The molecule has 8 nitrogen and oxygen atoms in total. The van der Waals surface area contributed by atoms with Gasteiger partial charge in [0, 0.05) is 31.0 Å². The molecule has 3 N–H and O–H groups in total. The molecule has 0 aromatic carbocycles. The maximum atomic E-state index is 11.9. The van der Waals surface area contributed by atoms with Crippen LogP contribution in [0.25, 0.3) is 0 Å². The lowest BCUT2D eigenvalue weighted by Gasteiger charge is -2.20. The fourth-order valence-corrected chi connectivity index (χ4v) is 3.24. The van der Waals surface area contributed by atoms with Gasteiger partial charge in [0.25, 0.3) is 0 Å². The standard InChI is InChI=1S/C14H21N7OS/c22-13(16-5-7-23-14-9-17-20-18-14)10-21-6-3-12(19-21)11-2-1-4-15-8-11/h3,6,9,11,15H,1-2,4-5,7-8,10H2,(H,16,22)(H,17,18,20)/t11-/m1/s1. The van der Waals surface area contributed by atoms with Gasteiger partial charge in [-0.25, -0.2) is 0 Å². The largest absolute Gasteiger partial charge is 0.354 e. The summed E-state index contributed by atoms with van der Waals surface area (Å²) in [6, 6.07) is 2.02. The van der Waals surface area contributed by atoms with E-state index >= 15 is 0 Å². The van der Waals surface area contributed by atoms with E-state index in [0.29, 0.717) is 12.5 Å². The lowest BCUT2D eigenvalue weighted by Crippen LogP contribution is -2.30. The summed E-state index contributed by atoms with van der Waals surface area (Å²) in [6.45, 7) is 2.92. The Hall–Kier alpha value is -1.87. The number of aromatic nitrogens is 5. The van der Waals surface area contributed by atoms with Crippen LogP contribution in [-0.2, 0) is 11.3 Å². The molecule has 124 valence electrons. The van der Waals surface area contributed by atoms with Crippen molar-refractivity contribution in [1.29, 1.82) is 0 Å². The Labute approximate surface area is 138 Å². The Kier molecular flexibility index (Phi) is 5.65. The number of amides is 1. The molecule has 23 heavy (non-hydrogen) atoms. The van der Waals surface area contributed by atoms with Gasteiger partial charge in [-0.1, -0.05) is 0 Å². The number of carbonyl (C=O) groups excluding carboxylic acids is 1. The monoisotopic (exact) mass is 335 g/mol. The normalized spacial score (nSPS) is 18.0. The molecule has 0 aliphatic carbocycles. The van der Waals surface area contributed by atoms with Crippen LogP contribution in [0.15, 0.2) is 23.5 Å². The van der Waals surface area contributed by atoms with E-state index in [9.17, 15) is 4.79 Å². The van der Waals surface area contributed by atoms with Gasteiger partial charge in [0.15, 0.2) is 0 Å². The Balaban J connectivity index is 1.38. The summed E-state index contributed by atoms with van der Waals surface area (Å²) in [4.78, 5) is 11.9. The topological polar surface area (TPSA) is 101 Å². The Morgan fingerprint density at radius 1 is 1.52 bits per heavy atom. The number of carbonyl (C=O) groups is 1. The van der Waals surface area contributed by atoms with Crippen molar-refractivity contribution in [3.8, 4) is 0 Å². The van der Waals surface area contributed by atoms with E-state index in [1.54, 1.807) is 22.6 Å². The molecule has 1 saturated heterocycles. The van der Waals surface area contributed by atoms with E-state index < -0.39 is 0 Å². The van der Waals surface area contributed by atoms with Crippen molar-refractivity contribution in [3.63, 3.8) is 0 Å². The van der Waals surface area contributed by atoms with E-state index in [4.69, 9.17) is 0 Å². The Morgan fingerprint density at radius 3 is 3.26 bits per heavy atom. The SMILES string of the molecule is O=C(Cn1ccc([C@@H]2CCCNC2)n1)NCCSc1cn[nH]n1. The zero-order valence-corrected chi connectivity index (χ0v) is 13.7. The lowest BCUT2D eigenvalue weighted by molar-refractivity contribution is -0.121. The highest BCUT2D eigenvalue weighted by molar-refractivity contribution is 7.99. The van der Waals surface area contributed by atoms with Crippen LogP contribution < -0.4 is 10.6 Å². The molecule has 0 bridgehead atoms. The number of H-pyrrole nitrogens is 1. The molecule has 1 amide bonds. The number of piperidine rings is 1. The summed E-state index contributed by atoms with van der Waals surface area (Å²) in [7, 11) is 0. The van der Waals surface area contributed by atoms with Crippen molar-refractivity contribution in [1.82, 2.24) is 35.8 Å². The van der Waals surface area contributed by atoms with Crippen molar-refractivity contribution >= 4 is 17.7 Å². The molecule has 1 aliphatic heterocycles. The zero-order valence-electron chi connectivity index (χ0n) is 12.9. The summed E-state index contributed by atoms with van der Waals surface area (Å²) < 4.78 is 1.71. The van der Waals surface area contributed by atoms with Gasteiger partial charge in [-0.3, -0.25) is 9.48 Å². The van der Waals surface area contributed by atoms with Crippen LogP contribution in [-0.4, -0.2) is 56.5 Å². The number of nitrogens with zero attached hydrogens (tertiary/aromatic N) is 4. The van der Waals surface area contributed by atoms with Crippen LogP contribution in [0.4, 0.5) is 0 Å². The molecule has 0 radical (unpaired) electrons. The second-order valence-corrected chi connectivity index (χ2v) is 6.60. The first-order valence-electron chi connectivity index (χ1n) is 7.80. The fraction of sp³-hybridized carbons (Fsp3) is 0.571. The highest BCUT2D eigenvalue weighted by atomic mass is 32.2. The van der Waals surface area contributed by atoms with E-state index in [-0.39, 0.29) is 12.5 Å². The molecule has 9 heteroatoms. The molecule has 3 rings (SSSR count). The molecule has 1 aliphatic rings. The molecular weight excluding hydrogens is 314 g/mol. The van der Waals surface area contributed by atoms with Gasteiger partial charge in [-0.2, -0.15) is 15.4 Å². The summed E-state index contributed by atoms with van der Waals surface area (Å²) in [5.74, 6) is 1.20. The first kappa shape index (κ1) is 16.0. The highest BCUT2D eigenvalue weighted by Gasteiger charge is 2.17. The molecule has 0 unspecified atom stereocenters. The number of rotatable bonds is 7. The third kappa shape index (κ3) is 4.80. The number of hydrogen-bond donors (Lipinski definition) is 3. The van der Waals surface area contributed by atoms with Gasteiger partial charge in [-0.15, -0.1) is 16.9 Å². The molecule has 1 fully saturated rings. The van der Waals surface area contributed by atoms with Crippen molar-refractivity contribution in [3.05, 3.63) is 24.2 Å². The van der Waals surface area contributed by atoms with Gasteiger partial charge in [0.1, 0.15) is 11.6 Å². The summed E-state index contributed by atoms with van der Waals surface area (Å²) >= 11 is 1.55. The summed E-state index contributed by atoms with van der Waals surface area (Å²) in [5, 5.41) is 21.9. The predicted molar refractivity (Wildman–Crippen MR) is 87.2 cm³/mol. The molecule has 2 aromatic rings. The molecule has 2 aromatic heterocycles. The number of thioether (sulfide) groups is 1. The minimum atomic E-state index is -0.0258. The molecule has 1 atom stereocenters. The van der Waals surface area contributed by atoms with Crippen LogP contribution in [0.3, 0.4) is 0 Å². The number of nitrogens with one attached hydrogen (secondary N) is 3. The van der Waals surface area contributed by atoms with Crippen LogP contribution in [0.5, 0.6) is 0 Å². The van der Waals surface area contributed by atoms with E-state index in [1.165, 1.54) is 6.42 Å². The minimum Gasteiger partial charge on any atom is -0.354 e. The summed E-state index contributed by atoms with van der Waals surface area (Å²) in [6.07, 6.45) is 5.89. The highest BCUT2D eigenvalue weighted by Crippen LogP contribution is 2.21. The quantitative estimate of drug-likeness (QED) is 0.499.